The standard InChI is InChI=1S/C13H18N2O3/c1-8-5-6-15(7-11(8)16)12-9(13(17)18)3-2-4-10(12)14/h2-4,8,11,16H,5-7,14H2,1H3,(H,17,18). The summed E-state index contributed by atoms with van der Waals surface area (Å²) < 4.78 is 0. The zero-order chi connectivity index (χ0) is 13.3. The fraction of sp³-hybridized carbons (Fsp3) is 0.462. The third-order valence-electron chi connectivity index (χ3n) is 3.53. The van der Waals surface area contributed by atoms with Gasteiger partial charge >= 0.3 is 5.97 Å². The number of anilines is 2. The van der Waals surface area contributed by atoms with Gasteiger partial charge in [0.1, 0.15) is 0 Å². The number of benzene rings is 1. The van der Waals surface area contributed by atoms with Crippen LogP contribution in [0.15, 0.2) is 18.2 Å². The summed E-state index contributed by atoms with van der Waals surface area (Å²) in [5, 5.41) is 19.1. The maximum atomic E-state index is 11.2. The molecule has 0 amide bonds. The Labute approximate surface area is 106 Å². The van der Waals surface area contributed by atoms with Crippen molar-refractivity contribution in [3.63, 3.8) is 0 Å². The summed E-state index contributed by atoms with van der Waals surface area (Å²) in [5.74, 6) is -0.759. The maximum absolute atomic E-state index is 11.2. The Kier molecular flexibility index (Phi) is 3.43. The van der Waals surface area contributed by atoms with E-state index in [2.05, 4.69) is 0 Å². The molecule has 18 heavy (non-hydrogen) atoms. The Balaban J connectivity index is 2.36. The smallest absolute Gasteiger partial charge is 0.337 e. The average molecular weight is 250 g/mol. The fourth-order valence-electron chi connectivity index (χ4n) is 2.34. The number of β-amino-alcohol motifs (C(OH)–C–C–N with tert-alkyl or cyclic N) is 1. The highest BCUT2D eigenvalue weighted by Gasteiger charge is 2.27. The second kappa shape index (κ2) is 4.86. The molecular weight excluding hydrogens is 232 g/mol. The quantitative estimate of drug-likeness (QED) is 0.686. The van der Waals surface area contributed by atoms with Crippen LogP contribution in [0, 0.1) is 5.92 Å². The van der Waals surface area contributed by atoms with Crippen LogP contribution in [-0.4, -0.2) is 35.4 Å². The molecule has 1 heterocycles. The summed E-state index contributed by atoms with van der Waals surface area (Å²) in [6, 6.07) is 4.86. The van der Waals surface area contributed by atoms with Crippen molar-refractivity contribution in [2.45, 2.75) is 19.4 Å². The average Bonchev–Trinajstić information content (AvgIpc) is 2.32. The van der Waals surface area contributed by atoms with E-state index in [4.69, 9.17) is 5.73 Å². The van der Waals surface area contributed by atoms with Crippen LogP contribution in [0.25, 0.3) is 0 Å². The second-order valence-corrected chi connectivity index (χ2v) is 4.83. The summed E-state index contributed by atoms with van der Waals surface area (Å²) in [5.41, 5.74) is 7.04. The van der Waals surface area contributed by atoms with Crippen LogP contribution in [0.5, 0.6) is 0 Å². The van der Waals surface area contributed by atoms with Crippen molar-refractivity contribution in [1.82, 2.24) is 0 Å². The third-order valence-corrected chi connectivity index (χ3v) is 3.53. The lowest BCUT2D eigenvalue weighted by atomic mass is 9.95. The molecule has 4 N–H and O–H groups in total. The first-order valence-electron chi connectivity index (χ1n) is 6.05. The van der Waals surface area contributed by atoms with Crippen LogP contribution >= 0.6 is 0 Å². The molecule has 0 saturated carbocycles. The molecule has 5 nitrogen and oxygen atoms in total. The van der Waals surface area contributed by atoms with Gasteiger partial charge in [-0.25, -0.2) is 4.79 Å². The number of carboxylic acid groups (broad SMARTS) is 1. The zero-order valence-electron chi connectivity index (χ0n) is 10.3. The summed E-state index contributed by atoms with van der Waals surface area (Å²) >= 11 is 0. The van der Waals surface area contributed by atoms with Crippen LogP contribution in [-0.2, 0) is 0 Å². The Morgan fingerprint density at radius 1 is 1.50 bits per heavy atom. The van der Waals surface area contributed by atoms with Gasteiger partial charge in [0.05, 0.1) is 23.0 Å². The Bertz CT molecular complexity index is 462. The van der Waals surface area contributed by atoms with E-state index in [0.717, 1.165) is 6.42 Å². The van der Waals surface area contributed by atoms with E-state index in [9.17, 15) is 15.0 Å². The molecule has 1 aliphatic rings. The Morgan fingerprint density at radius 2 is 2.22 bits per heavy atom. The molecule has 1 fully saturated rings. The molecule has 0 aromatic heterocycles. The van der Waals surface area contributed by atoms with Crippen LogP contribution in [0.3, 0.4) is 0 Å². The van der Waals surface area contributed by atoms with Gasteiger partial charge in [-0.15, -0.1) is 0 Å². The van der Waals surface area contributed by atoms with Crippen LogP contribution in [0.1, 0.15) is 23.7 Å². The Morgan fingerprint density at radius 3 is 2.83 bits per heavy atom. The first-order chi connectivity index (χ1) is 8.50. The van der Waals surface area contributed by atoms with Gasteiger partial charge in [0, 0.05) is 13.1 Å². The number of nitrogens with two attached hydrogens (primary N) is 1. The molecule has 2 unspecified atom stereocenters. The van der Waals surface area contributed by atoms with E-state index in [-0.39, 0.29) is 11.5 Å². The van der Waals surface area contributed by atoms with Gasteiger partial charge in [-0.1, -0.05) is 13.0 Å². The first kappa shape index (κ1) is 12.7. The number of nitrogen functional groups attached to an aromatic ring is 1. The molecule has 98 valence electrons. The van der Waals surface area contributed by atoms with Crippen molar-refractivity contribution in [3.05, 3.63) is 23.8 Å². The van der Waals surface area contributed by atoms with Crippen molar-refractivity contribution >= 4 is 17.3 Å². The lowest BCUT2D eigenvalue weighted by Gasteiger charge is -2.37. The second-order valence-electron chi connectivity index (χ2n) is 4.83. The van der Waals surface area contributed by atoms with Crippen LogP contribution in [0.4, 0.5) is 11.4 Å². The van der Waals surface area contributed by atoms with Gasteiger partial charge in [-0.05, 0) is 24.5 Å². The maximum Gasteiger partial charge on any atom is 0.337 e. The highest BCUT2D eigenvalue weighted by molar-refractivity contribution is 5.98. The van der Waals surface area contributed by atoms with E-state index in [1.165, 1.54) is 0 Å². The lowest BCUT2D eigenvalue weighted by Crippen LogP contribution is -2.43. The minimum absolute atomic E-state index is 0.191. The van der Waals surface area contributed by atoms with E-state index in [1.54, 1.807) is 18.2 Å². The highest BCUT2D eigenvalue weighted by Crippen LogP contribution is 2.31. The molecule has 1 aliphatic heterocycles. The summed E-state index contributed by atoms with van der Waals surface area (Å²) in [6.45, 7) is 3.14. The zero-order valence-corrected chi connectivity index (χ0v) is 10.3. The molecule has 2 atom stereocenters. The normalized spacial score (nSPS) is 24.0. The van der Waals surface area contributed by atoms with Gasteiger partial charge in [-0.3, -0.25) is 0 Å². The van der Waals surface area contributed by atoms with E-state index in [0.29, 0.717) is 24.5 Å². The number of nitrogens with zero attached hydrogens (tertiary/aromatic N) is 1. The van der Waals surface area contributed by atoms with Crippen molar-refractivity contribution in [2.24, 2.45) is 5.92 Å². The molecule has 1 saturated heterocycles. The predicted octanol–water partition coefficient (Wildman–Crippen LogP) is 1.17. The largest absolute Gasteiger partial charge is 0.478 e. The molecule has 0 spiro atoms. The van der Waals surface area contributed by atoms with Gasteiger partial charge in [0.25, 0.3) is 0 Å². The number of hydrogen-bond donors (Lipinski definition) is 3. The summed E-state index contributed by atoms with van der Waals surface area (Å²) in [7, 11) is 0. The number of aliphatic hydroxyl groups excluding tert-OH is 1. The van der Waals surface area contributed by atoms with E-state index < -0.39 is 12.1 Å². The van der Waals surface area contributed by atoms with Crippen molar-refractivity contribution in [2.75, 3.05) is 23.7 Å². The van der Waals surface area contributed by atoms with Gasteiger partial charge in [0.2, 0.25) is 0 Å². The number of rotatable bonds is 2. The number of aromatic carboxylic acids is 1. The topological polar surface area (TPSA) is 86.8 Å². The number of carboxylic acids is 1. The molecule has 1 aromatic carbocycles. The molecule has 2 rings (SSSR count). The lowest BCUT2D eigenvalue weighted by molar-refractivity contribution is 0.0695. The monoisotopic (exact) mass is 250 g/mol. The van der Waals surface area contributed by atoms with E-state index >= 15 is 0 Å². The SMILES string of the molecule is CC1CCN(c2c(N)cccc2C(=O)O)CC1O. The van der Waals surface area contributed by atoms with Crippen molar-refractivity contribution in [1.29, 1.82) is 0 Å². The summed E-state index contributed by atoms with van der Waals surface area (Å²) in [6.07, 6.45) is 0.383. The number of carbonyl (C=O) groups is 1. The number of para-hydroxylation sites is 1. The fourth-order valence-corrected chi connectivity index (χ4v) is 2.34. The molecule has 0 aliphatic carbocycles. The Hall–Kier alpha value is -1.75. The van der Waals surface area contributed by atoms with E-state index in [1.807, 2.05) is 11.8 Å². The molecular formula is C13H18N2O3. The van der Waals surface area contributed by atoms with Crippen molar-refractivity contribution < 1.29 is 15.0 Å². The van der Waals surface area contributed by atoms with Gasteiger partial charge in [0.15, 0.2) is 0 Å². The molecule has 5 heteroatoms. The highest BCUT2D eigenvalue weighted by atomic mass is 16.4. The van der Waals surface area contributed by atoms with Crippen LogP contribution < -0.4 is 10.6 Å². The first-order valence-corrected chi connectivity index (χ1v) is 6.05. The minimum atomic E-state index is -0.995. The van der Waals surface area contributed by atoms with Crippen LogP contribution in [0.2, 0.25) is 0 Å². The molecule has 1 aromatic rings. The molecule has 0 radical (unpaired) electrons. The minimum Gasteiger partial charge on any atom is -0.478 e. The number of aliphatic hydroxyl groups is 1. The predicted molar refractivity (Wildman–Crippen MR) is 69.8 cm³/mol. The number of hydrogen-bond acceptors (Lipinski definition) is 4. The van der Waals surface area contributed by atoms with Crippen molar-refractivity contribution in [3.8, 4) is 0 Å². The number of piperidine rings is 1. The van der Waals surface area contributed by atoms with Gasteiger partial charge in [-0.2, -0.15) is 0 Å². The summed E-state index contributed by atoms with van der Waals surface area (Å²) in [4.78, 5) is 13.1. The third kappa shape index (κ3) is 2.26. The molecule has 0 bridgehead atoms. The van der Waals surface area contributed by atoms with Gasteiger partial charge < -0.3 is 20.8 Å².